The van der Waals surface area contributed by atoms with Crippen LogP contribution in [0.25, 0.3) is 11.0 Å². The van der Waals surface area contributed by atoms with Gasteiger partial charge in [-0.2, -0.15) is 0 Å². The van der Waals surface area contributed by atoms with E-state index in [1.807, 2.05) is 55.5 Å². The summed E-state index contributed by atoms with van der Waals surface area (Å²) in [6, 6.07) is 15.3. The molecule has 4 rings (SSSR count). The highest BCUT2D eigenvalue weighted by Crippen LogP contribution is 2.32. The number of para-hydroxylation sites is 1. The molecule has 0 unspecified atom stereocenters. The van der Waals surface area contributed by atoms with Crippen LogP contribution in [0.15, 0.2) is 52.9 Å². The first-order chi connectivity index (χ1) is 13.1. The lowest BCUT2D eigenvalue weighted by atomic mass is 10.1. The normalized spacial score (nSPS) is 13.9. The summed E-state index contributed by atoms with van der Waals surface area (Å²) >= 11 is 0. The predicted molar refractivity (Wildman–Crippen MR) is 105 cm³/mol. The van der Waals surface area contributed by atoms with Gasteiger partial charge in [-0.3, -0.25) is 9.59 Å². The number of amides is 2. The minimum Gasteiger partial charge on any atom is -0.449 e. The van der Waals surface area contributed by atoms with Gasteiger partial charge in [-0.1, -0.05) is 42.0 Å². The number of nitrogens with one attached hydrogen (secondary N) is 1. The zero-order valence-electron chi connectivity index (χ0n) is 15.3. The SMILES string of the molecule is Cc1cccc(CC(=O)Nc2c(C(=O)N3CCCC3)oc3ccccc23)c1. The van der Waals surface area contributed by atoms with Gasteiger partial charge in [0, 0.05) is 18.5 Å². The quantitative estimate of drug-likeness (QED) is 0.758. The fourth-order valence-corrected chi connectivity index (χ4v) is 3.58. The molecule has 1 fully saturated rings. The minimum atomic E-state index is -0.164. The topological polar surface area (TPSA) is 62.6 Å². The number of carbonyl (C=O) groups excluding carboxylic acids is 2. The molecule has 0 atom stereocenters. The van der Waals surface area contributed by atoms with Crippen LogP contribution in [0.4, 0.5) is 5.69 Å². The van der Waals surface area contributed by atoms with Crippen LogP contribution in [0.3, 0.4) is 0 Å². The van der Waals surface area contributed by atoms with Crippen molar-refractivity contribution in [3.05, 3.63) is 65.4 Å². The Morgan fingerprint density at radius 1 is 1.07 bits per heavy atom. The van der Waals surface area contributed by atoms with Gasteiger partial charge in [-0.25, -0.2) is 0 Å². The molecule has 138 valence electrons. The maximum atomic E-state index is 12.9. The first-order valence-electron chi connectivity index (χ1n) is 9.28. The Hall–Kier alpha value is -3.08. The summed E-state index contributed by atoms with van der Waals surface area (Å²) in [6.45, 7) is 3.46. The molecule has 5 heteroatoms. The summed E-state index contributed by atoms with van der Waals surface area (Å²) in [4.78, 5) is 27.3. The molecular weight excluding hydrogens is 340 g/mol. The first-order valence-corrected chi connectivity index (χ1v) is 9.28. The van der Waals surface area contributed by atoms with Crippen molar-refractivity contribution >= 4 is 28.5 Å². The summed E-state index contributed by atoms with van der Waals surface area (Å²) in [6.07, 6.45) is 2.25. The number of benzene rings is 2. The van der Waals surface area contributed by atoms with Crippen molar-refractivity contribution in [1.82, 2.24) is 4.90 Å². The molecule has 1 N–H and O–H groups in total. The van der Waals surface area contributed by atoms with Gasteiger partial charge >= 0.3 is 0 Å². The zero-order chi connectivity index (χ0) is 18.8. The van der Waals surface area contributed by atoms with Gasteiger partial charge < -0.3 is 14.6 Å². The van der Waals surface area contributed by atoms with Crippen LogP contribution in [-0.4, -0.2) is 29.8 Å². The van der Waals surface area contributed by atoms with Crippen LogP contribution < -0.4 is 5.32 Å². The molecule has 0 radical (unpaired) electrons. The van der Waals surface area contributed by atoms with E-state index in [0.29, 0.717) is 11.3 Å². The molecule has 27 heavy (non-hydrogen) atoms. The second-order valence-electron chi connectivity index (χ2n) is 7.02. The van der Waals surface area contributed by atoms with E-state index in [1.54, 1.807) is 4.90 Å². The third-order valence-corrected chi connectivity index (χ3v) is 4.89. The van der Waals surface area contributed by atoms with Crippen molar-refractivity contribution in [2.75, 3.05) is 18.4 Å². The Morgan fingerprint density at radius 3 is 2.63 bits per heavy atom. The third kappa shape index (κ3) is 3.58. The standard InChI is InChI=1S/C22H22N2O3/c1-15-7-6-8-16(13-15)14-19(25)23-20-17-9-2-3-10-18(17)27-21(20)22(26)24-11-4-5-12-24/h2-3,6-10,13H,4-5,11-12,14H2,1H3,(H,23,25). The summed E-state index contributed by atoms with van der Waals surface area (Å²) in [5, 5.41) is 3.67. The van der Waals surface area contributed by atoms with Crippen molar-refractivity contribution in [2.45, 2.75) is 26.2 Å². The van der Waals surface area contributed by atoms with E-state index in [1.165, 1.54) is 0 Å². The first kappa shape index (κ1) is 17.3. The maximum absolute atomic E-state index is 12.9. The summed E-state index contributed by atoms with van der Waals surface area (Å²) in [5.41, 5.74) is 3.12. The Balaban J connectivity index is 1.64. The highest BCUT2D eigenvalue weighted by molar-refractivity contribution is 6.11. The minimum absolute atomic E-state index is 0.158. The van der Waals surface area contributed by atoms with E-state index in [9.17, 15) is 9.59 Å². The van der Waals surface area contributed by atoms with Crippen LogP contribution in [0.5, 0.6) is 0 Å². The molecule has 0 bridgehead atoms. The average molecular weight is 362 g/mol. The molecule has 1 aliphatic heterocycles. The fourth-order valence-electron chi connectivity index (χ4n) is 3.58. The van der Waals surface area contributed by atoms with E-state index in [-0.39, 0.29) is 24.0 Å². The molecule has 0 saturated carbocycles. The number of rotatable bonds is 4. The second kappa shape index (κ2) is 7.27. The molecule has 5 nitrogen and oxygen atoms in total. The van der Waals surface area contributed by atoms with Gasteiger partial charge in [0.25, 0.3) is 5.91 Å². The Labute approximate surface area is 158 Å². The number of hydrogen-bond donors (Lipinski definition) is 1. The van der Waals surface area contributed by atoms with Crippen molar-refractivity contribution in [3.63, 3.8) is 0 Å². The van der Waals surface area contributed by atoms with E-state index in [0.717, 1.165) is 42.4 Å². The van der Waals surface area contributed by atoms with Gasteiger partial charge in [-0.05, 0) is 37.5 Å². The number of anilines is 1. The molecule has 1 aliphatic rings. The molecule has 0 spiro atoms. The van der Waals surface area contributed by atoms with E-state index >= 15 is 0 Å². The number of hydrogen-bond acceptors (Lipinski definition) is 3. The van der Waals surface area contributed by atoms with Crippen molar-refractivity contribution in [1.29, 1.82) is 0 Å². The van der Waals surface area contributed by atoms with E-state index in [4.69, 9.17) is 4.42 Å². The lowest BCUT2D eigenvalue weighted by molar-refractivity contribution is -0.115. The number of likely N-dealkylation sites (tertiary alicyclic amines) is 1. The molecule has 2 heterocycles. The Bertz CT molecular complexity index is 1000. The summed E-state index contributed by atoms with van der Waals surface area (Å²) in [7, 11) is 0. The highest BCUT2D eigenvalue weighted by atomic mass is 16.3. The van der Waals surface area contributed by atoms with Gasteiger partial charge in [0.1, 0.15) is 11.3 Å². The van der Waals surface area contributed by atoms with Crippen molar-refractivity contribution in [3.8, 4) is 0 Å². The number of fused-ring (bicyclic) bond motifs is 1. The van der Waals surface area contributed by atoms with Crippen molar-refractivity contribution < 1.29 is 14.0 Å². The molecule has 2 aromatic carbocycles. The summed E-state index contributed by atoms with van der Waals surface area (Å²) in [5.74, 6) is -0.104. The fraction of sp³-hybridized carbons (Fsp3) is 0.273. The highest BCUT2D eigenvalue weighted by Gasteiger charge is 2.27. The molecule has 1 saturated heterocycles. The third-order valence-electron chi connectivity index (χ3n) is 4.89. The zero-order valence-corrected chi connectivity index (χ0v) is 15.3. The number of nitrogens with zero attached hydrogens (tertiary/aromatic N) is 1. The van der Waals surface area contributed by atoms with Crippen LogP contribution >= 0.6 is 0 Å². The van der Waals surface area contributed by atoms with Crippen molar-refractivity contribution in [2.24, 2.45) is 0 Å². The molecule has 2 amide bonds. The number of aryl methyl sites for hydroxylation is 1. The monoisotopic (exact) mass is 362 g/mol. The van der Waals surface area contributed by atoms with Gasteiger partial charge in [0.15, 0.2) is 0 Å². The van der Waals surface area contributed by atoms with Crippen LogP contribution in [-0.2, 0) is 11.2 Å². The second-order valence-corrected chi connectivity index (χ2v) is 7.02. The van der Waals surface area contributed by atoms with E-state index < -0.39 is 0 Å². The maximum Gasteiger partial charge on any atom is 0.291 e. The van der Waals surface area contributed by atoms with E-state index in [2.05, 4.69) is 5.32 Å². The molecule has 0 aliphatic carbocycles. The molecule has 3 aromatic rings. The smallest absolute Gasteiger partial charge is 0.291 e. The number of furan rings is 1. The average Bonchev–Trinajstić information content (AvgIpc) is 3.30. The Kier molecular flexibility index (Phi) is 4.67. The van der Waals surface area contributed by atoms with Crippen LogP contribution in [0, 0.1) is 6.92 Å². The lowest BCUT2D eigenvalue weighted by Gasteiger charge is -2.14. The largest absolute Gasteiger partial charge is 0.449 e. The van der Waals surface area contributed by atoms with Crippen LogP contribution in [0.1, 0.15) is 34.5 Å². The van der Waals surface area contributed by atoms with Crippen LogP contribution in [0.2, 0.25) is 0 Å². The molecular formula is C22H22N2O3. The van der Waals surface area contributed by atoms with Gasteiger partial charge in [0.05, 0.1) is 6.42 Å². The van der Waals surface area contributed by atoms with Gasteiger partial charge in [0.2, 0.25) is 11.7 Å². The Morgan fingerprint density at radius 2 is 1.85 bits per heavy atom. The molecule has 1 aromatic heterocycles. The predicted octanol–water partition coefficient (Wildman–Crippen LogP) is 4.16. The summed E-state index contributed by atoms with van der Waals surface area (Å²) < 4.78 is 5.84. The lowest BCUT2D eigenvalue weighted by Crippen LogP contribution is -2.28. The number of carbonyl (C=O) groups is 2. The van der Waals surface area contributed by atoms with Gasteiger partial charge in [-0.15, -0.1) is 0 Å².